The number of thioether (sulfide) groups is 1. The Balaban J connectivity index is 1.37. The maximum Gasteiger partial charge on any atom is 0.255 e. The maximum absolute atomic E-state index is 12.7. The molecule has 1 saturated carbocycles. The topological polar surface area (TPSA) is 95.6 Å². The number of nitrogens with zero attached hydrogens (tertiary/aromatic N) is 1. The van der Waals surface area contributed by atoms with Gasteiger partial charge in [-0.15, -0.1) is 0 Å². The summed E-state index contributed by atoms with van der Waals surface area (Å²) in [4.78, 5) is 27.1. The molecule has 7 nitrogen and oxygen atoms in total. The first-order chi connectivity index (χ1) is 15.9. The molecule has 1 heterocycles. The third kappa shape index (κ3) is 6.37. The second-order valence-electron chi connectivity index (χ2n) is 8.45. The first-order valence-corrected chi connectivity index (χ1v) is 13.9. The van der Waals surface area contributed by atoms with E-state index in [1.165, 1.54) is 12.1 Å². The summed E-state index contributed by atoms with van der Waals surface area (Å²) < 4.78 is 28.1. The molecule has 176 valence electrons. The predicted octanol–water partition coefficient (Wildman–Crippen LogP) is 3.28. The van der Waals surface area contributed by atoms with E-state index in [-0.39, 0.29) is 28.3 Å². The average Bonchev–Trinajstić information content (AvgIpc) is 3.33. The average molecular weight is 488 g/mol. The van der Waals surface area contributed by atoms with Crippen LogP contribution in [0.15, 0.2) is 53.4 Å². The van der Waals surface area contributed by atoms with E-state index in [0.29, 0.717) is 12.1 Å². The maximum atomic E-state index is 12.7. The number of amides is 2. The normalized spacial score (nSPS) is 17.2. The van der Waals surface area contributed by atoms with Gasteiger partial charge in [0, 0.05) is 41.9 Å². The minimum absolute atomic E-state index is 0.0355. The zero-order valence-electron chi connectivity index (χ0n) is 18.5. The largest absolute Gasteiger partial charge is 0.341 e. The molecule has 0 aromatic heterocycles. The summed E-state index contributed by atoms with van der Waals surface area (Å²) in [7, 11) is -3.67. The highest BCUT2D eigenvalue weighted by Crippen LogP contribution is 2.21. The molecule has 2 amide bonds. The molecule has 0 unspecified atom stereocenters. The summed E-state index contributed by atoms with van der Waals surface area (Å²) in [6.07, 6.45) is 4.09. The lowest BCUT2D eigenvalue weighted by Gasteiger charge is -2.26. The molecular weight excluding hydrogens is 458 g/mol. The van der Waals surface area contributed by atoms with Crippen molar-refractivity contribution >= 4 is 39.3 Å². The second-order valence-corrected chi connectivity index (χ2v) is 11.4. The Morgan fingerprint density at radius 1 is 1.00 bits per heavy atom. The molecule has 0 bridgehead atoms. The van der Waals surface area contributed by atoms with Crippen molar-refractivity contribution in [2.75, 3.05) is 29.9 Å². The number of hydrogen-bond acceptors (Lipinski definition) is 5. The van der Waals surface area contributed by atoms with Gasteiger partial charge >= 0.3 is 0 Å². The Labute approximate surface area is 199 Å². The Hall–Kier alpha value is -2.36. The van der Waals surface area contributed by atoms with E-state index in [2.05, 4.69) is 10.0 Å². The Kier molecular flexibility index (Phi) is 7.72. The lowest BCUT2D eigenvalue weighted by atomic mass is 10.1. The van der Waals surface area contributed by atoms with Crippen LogP contribution in [-0.2, 0) is 21.2 Å². The van der Waals surface area contributed by atoms with Gasteiger partial charge in [0.1, 0.15) is 0 Å². The van der Waals surface area contributed by atoms with Gasteiger partial charge in [-0.05, 0) is 48.7 Å². The van der Waals surface area contributed by atoms with Crippen molar-refractivity contribution in [2.24, 2.45) is 0 Å². The standard InChI is InChI=1S/C24H29N3O4S2/c28-23(27-12-14-32-15-13-27)16-18-8-10-20(11-9-18)25-24(29)19-4-3-7-22(17-19)33(30,31)26-21-5-1-2-6-21/h3-4,7-11,17,21,26H,1-2,5-6,12-16H2,(H,25,29). The van der Waals surface area contributed by atoms with Gasteiger partial charge in [-0.3, -0.25) is 9.59 Å². The molecule has 0 spiro atoms. The smallest absolute Gasteiger partial charge is 0.255 e. The Morgan fingerprint density at radius 2 is 1.70 bits per heavy atom. The molecule has 4 rings (SSSR count). The van der Waals surface area contributed by atoms with Crippen molar-refractivity contribution in [3.05, 3.63) is 59.7 Å². The van der Waals surface area contributed by atoms with Gasteiger partial charge in [0.2, 0.25) is 15.9 Å². The van der Waals surface area contributed by atoms with E-state index in [9.17, 15) is 18.0 Å². The van der Waals surface area contributed by atoms with Crippen LogP contribution in [0.1, 0.15) is 41.6 Å². The fourth-order valence-electron chi connectivity index (χ4n) is 4.14. The third-order valence-electron chi connectivity index (χ3n) is 6.01. The number of carbonyl (C=O) groups is 2. The van der Waals surface area contributed by atoms with Gasteiger partial charge in [0.15, 0.2) is 0 Å². The van der Waals surface area contributed by atoms with E-state index in [1.807, 2.05) is 28.8 Å². The van der Waals surface area contributed by atoms with Crippen LogP contribution in [0, 0.1) is 0 Å². The predicted molar refractivity (Wildman–Crippen MR) is 131 cm³/mol. The molecule has 2 aromatic rings. The molecule has 2 aliphatic rings. The van der Waals surface area contributed by atoms with E-state index in [1.54, 1.807) is 24.3 Å². The van der Waals surface area contributed by atoms with Crippen LogP contribution in [0.4, 0.5) is 5.69 Å². The van der Waals surface area contributed by atoms with E-state index in [0.717, 1.165) is 55.8 Å². The molecule has 0 radical (unpaired) electrons. The van der Waals surface area contributed by atoms with Crippen LogP contribution >= 0.6 is 11.8 Å². The minimum Gasteiger partial charge on any atom is -0.341 e. The zero-order valence-corrected chi connectivity index (χ0v) is 20.1. The lowest BCUT2D eigenvalue weighted by molar-refractivity contribution is -0.130. The van der Waals surface area contributed by atoms with Gasteiger partial charge < -0.3 is 10.2 Å². The second kappa shape index (κ2) is 10.7. The highest BCUT2D eigenvalue weighted by Gasteiger charge is 2.23. The lowest BCUT2D eigenvalue weighted by Crippen LogP contribution is -2.38. The molecule has 2 fully saturated rings. The number of hydrogen-bond donors (Lipinski definition) is 2. The van der Waals surface area contributed by atoms with Gasteiger partial charge in [-0.25, -0.2) is 13.1 Å². The highest BCUT2D eigenvalue weighted by atomic mass is 32.2. The van der Waals surface area contributed by atoms with Gasteiger partial charge in [-0.1, -0.05) is 31.0 Å². The first-order valence-electron chi connectivity index (χ1n) is 11.3. The molecule has 1 aliphatic carbocycles. The Bertz CT molecular complexity index is 1090. The monoisotopic (exact) mass is 487 g/mol. The van der Waals surface area contributed by atoms with Crippen molar-refractivity contribution in [2.45, 2.75) is 43.0 Å². The summed E-state index contributed by atoms with van der Waals surface area (Å²) in [5.74, 6) is 1.70. The summed E-state index contributed by atoms with van der Waals surface area (Å²) in [6.45, 7) is 1.59. The van der Waals surface area contributed by atoms with Crippen molar-refractivity contribution in [1.29, 1.82) is 0 Å². The van der Waals surface area contributed by atoms with Crippen LogP contribution in [0.2, 0.25) is 0 Å². The van der Waals surface area contributed by atoms with Crippen molar-refractivity contribution in [3.8, 4) is 0 Å². The van der Waals surface area contributed by atoms with Crippen LogP contribution in [0.5, 0.6) is 0 Å². The summed E-state index contributed by atoms with van der Waals surface area (Å²) >= 11 is 1.87. The van der Waals surface area contributed by atoms with E-state index < -0.39 is 10.0 Å². The highest BCUT2D eigenvalue weighted by molar-refractivity contribution is 7.99. The van der Waals surface area contributed by atoms with Crippen LogP contribution in [-0.4, -0.2) is 55.8 Å². The van der Waals surface area contributed by atoms with Gasteiger partial charge in [0.25, 0.3) is 5.91 Å². The van der Waals surface area contributed by atoms with Gasteiger partial charge in [-0.2, -0.15) is 11.8 Å². The SMILES string of the molecule is O=C(Nc1ccc(CC(=O)N2CCSCC2)cc1)c1cccc(S(=O)(=O)NC2CCCC2)c1. The number of sulfonamides is 1. The molecule has 2 N–H and O–H groups in total. The number of carbonyl (C=O) groups excluding carboxylic acids is 2. The van der Waals surface area contributed by atoms with Crippen molar-refractivity contribution in [1.82, 2.24) is 9.62 Å². The first kappa shape index (κ1) is 23.8. The molecule has 0 atom stereocenters. The molecule has 33 heavy (non-hydrogen) atoms. The third-order valence-corrected chi connectivity index (χ3v) is 8.48. The summed E-state index contributed by atoms with van der Waals surface area (Å²) in [5.41, 5.74) is 1.75. The summed E-state index contributed by atoms with van der Waals surface area (Å²) in [5, 5.41) is 2.80. The number of benzene rings is 2. The molecule has 9 heteroatoms. The molecule has 1 aliphatic heterocycles. The summed E-state index contributed by atoms with van der Waals surface area (Å²) in [6, 6.07) is 13.2. The minimum atomic E-state index is -3.67. The van der Waals surface area contributed by atoms with Crippen molar-refractivity contribution < 1.29 is 18.0 Å². The molecular formula is C24H29N3O4S2. The molecule has 1 saturated heterocycles. The number of anilines is 1. The zero-order chi connectivity index (χ0) is 23.3. The fourth-order valence-corrected chi connectivity index (χ4v) is 6.40. The van der Waals surface area contributed by atoms with Gasteiger partial charge in [0.05, 0.1) is 11.3 Å². The van der Waals surface area contributed by atoms with Crippen LogP contribution < -0.4 is 10.0 Å². The van der Waals surface area contributed by atoms with Crippen LogP contribution in [0.3, 0.4) is 0 Å². The van der Waals surface area contributed by atoms with Crippen LogP contribution in [0.25, 0.3) is 0 Å². The molecule has 2 aromatic carbocycles. The van der Waals surface area contributed by atoms with E-state index in [4.69, 9.17) is 0 Å². The fraction of sp³-hybridized carbons (Fsp3) is 0.417. The number of rotatable bonds is 7. The van der Waals surface area contributed by atoms with E-state index >= 15 is 0 Å². The quantitative estimate of drug-likeness (QED) is 0.625. The Morgan fingerprint density at radius 3 is 2.39 bits per heavy atom. The van der Waals surface area contributed by atoms with Crippen molar-refractivity contribution in [3.63, 3.8) is 0 Å². The number of nitrogens with one attached hydrogen (secondary N) is 2.